The molecule has 1 amide bonds. The zero-order valence-corrected chi connectivity index (χ0v) is 10.9. The van der Waals surface area contributed by atoms with Crippen molar-refractivity contribution < 1.29 is 9.53 Å². The third kappa shape index (κ3) is 4.09. The summed E-state index contributed by atoms with van der Waals surface area (Å²) in [5.41, 5.74) is 0.929. The minimum atomic E-state index is -0.107. The van der Waals surface area contributed by atoms with Crippen molar-refractivity contribution >= 4 is 22.4 Å². The van der Waals surface area contributed by atoms with Crippen molar-refractivity contribution in [3.05, 3.63) is 11.1 Å². The van der Waals surface area contributed by atoms with Crippen molar-refractivity contribution in [3.8, 4) is 0 Å². The summed E-state index contributed by atoms with van der Waals surface area (Å²) in [6.07, 6.45) is 6.18. The number of aryl methyl sites for hydroxylation is 1. The van der Waals surface area contributed by atoms with E-state index in [9.17, 15) is 4.79 Å². The van der Waals surface area contributed by atoms with Crippen LogP contribution in [0.25, 0.3) is 0 Å². The van der Waals surface area contributed by atoms with Crippen LogP contribution in [0.4, 0.5) is 5.13 Å². The summed E-state index contributed by atoms with van der Waals surface area (Å²) >= 11 is 1.44. The molecule has 0 atom stereocenters. The number of carbonyl (C=O) groups is 1. The lowest BCUT2D eigenvalue weighted by Gasteiger charge is -2.21. The van der Waals surface area contributed by atoms with Crippen LogP contribution in [0.1, 0.15) is 37.8 Å². The molecule has 0 bridgehead atoms. The van der Waals surface area contributed by atoms with Crippen molar-refractivity contribution in [2.24, 2.45) is 0 Å². The second-order valence-electron chi connectivity index (χ2n) is 4.41. The molecule has 1 aliphatic carbocycles. The third-order valence-electron chi connectivity index (χ3n) is 2.87. The second kappa shape index (κ2) is 6.12. The molecule has 1 aromatic heterocycles. The van der Waals surface area contributed by atoms with Gasteiger partial charge in [-0.3, -0.25) is 10.1 Å². The number of amides is 1. The highest BCUT2D eigenvalue weighted by Crippen LogP contribution is 2.20. The molecule has 1 aromatic rings. The van der Waals surface area contributed by atoms with Gasteiger partial charge in [-0.15, -0.1) is 11.3 Å². The average molecular weight is 254 g/mol. The standard InChI is InChI=1S/C12H18N2O2S/c1-9-8-17-12(13-9)14-11(15)7-16-10-5-3-2-4-6-10/h8,10H,2-7H2,1H3,(H,13,14,15). The molecule has 4 nitrogen and oxygen atoms in total. The molecule has 0 saturated heterocycles. The Morgan fingerprint density at radius 3 is 2.94 bits per heavy atom. The predicted octanol–water partition coefficient (Wildman–Crippen LogP) is 2.74. The van der Waals surface area contributed by atoms with E-state index in [0.717, 1.165) is 18.5 Å². The maximum Gasteiger partial charge on any atom is 0.252 e. The van der Waals surface area contributed by atoms with Gasteiger partial charge in [0.1, 0.15) is 6.61 Å². The molecule has 0 spiro atoms. The highest BCUT2D eigenvalue weighted by Gasteiger charge is 2.15. The van der Waals surface area contributed by atoms with Crippen LogP contribution in [0.3, 0.4) is 0 Å². The molecule has 94 valence electrons. The van der Waals surface area contributed by atoms with Gasteiger partial charge in [-0.1, -0.05) is 19.3 Å². The normalized spacial score (nSPS) is 17.0. The van der Waals surface area contributed by atoms with Crippen LogP contribution < -0.4 is 5.32 Å². The first-order valence-corrected chi connectivity index (χ1v) is 6.95. The first-order valence-electron chi connectivity index (χ1n) is 6.07. The van der Waals surface area contributed by atoms with E-state index in [2.05, 4.69) is 10.3 Å². The largest absolute Gasteiger partial charge is 0.368 e. The number of nitrogens with one attached hydrogen (secondary N) is 1. The number of anilines is 1. The Morgan fingerprint density at radius 1 is 1.53 bits per heavy atom. The van der Waals surface area contributed by atoms with E-state index in [-0.39, 0.29) is 18.6 Å². The summed E-state index contributed by atoms with van der Waals surface area (Å²) in [4.78, 5) is 15.8. The fraction of sp³-hybridized carbons (Fsp3) is 0.667. The predicted molar refractivity (Wildman–Crippen MR) is 68.3 cm³/mol. The Morgan fingerprint density at radius 2 is 2.29 bits per heavy atom. The van der Waals surface area contributed by atoms with Crippen molar-refractivity contribution in [2.75, 3.05) is 11.9 Å². The fourth-order valence-corrected chi connectivity index (χ4v) is 2.70. The van der Waals surface area contributed by atoms with E-state index >= 15 is 0 Å². The molecule has 1 saturated carbocycles. The van der Waals surface area contributed by atoms with E-state index in [1.54, 1.807) is 0 Å². The van der Waals surface area contributed by atoms with Crippen LogP contribution in [0.15, 0.2) is 5.38 Å². The smallest absolute Gasteiger partial charge is 0.252 e. The summed E-state index contributed by atoms with van der Waals surface area (Å²) in [5, 5.41) is 5.31. The van der Waals surface area contributed by atoms with Gasteiger partial charge in [-0.05, 0) is 19.8 Å². The SMILES string of the molecule is Cc1csc(NC(=O)COC2CCCCC2)n1. The molecule has 0 unspecified atom stereocenters. The van der Waals surface area contributed by atoms with E-state index in [4.69, 9.17) is 4.74 Å². The van der Waals surface area contributed by atoms with E-state index in [0.29, 0.717) is 5.13 Å². The van der Waals surface area contributed by atoms with E-state index < -0.39 is 0 Å². The van der Waals surface area contributed by atoms with Gasteiger partial charge in [0.2, 0.25) is 0 Å². The highest BCUT2D eigenvalue weighted by atomic mass is 32.1. The van der Waals surface area contributed by atoms with Crippen LogP contribution in [-0.2, 0) is 9.53 Å². The van der Waals surface area contributed by atoms with E-state index in [1.807, 2.05) is 12.3 Å². The summed E-state index contributed by atoms with van der Waals surface area (Å²) in [6, 6.07) is 0. The van der Waals surface area contributed by atoms with Crippen LogP contribution in [0.5, 0.6) is 0 Å². The lowest BCUT2D eigenvalue weighted by molar-refractivity contribution is -0.123. The van der Waals surface area contributed by atoms with Crippen LogP contribution in [-0.4, -0.2) is 23.6 Å². The topological polar surface area (TPSA) is 51.2 Å². The zero-order valence-electron chi connectivity index (χ0n) is 10.1. The molecule has 1 fully saturated rings. The van der Waals surface area contributed by atoms with Crippen molar-refractivity contribution in [1.82, 2.24) is 4.98 Å². The summed E-state index contributed by atoms with van der Waals surface area (Å²) < 4.78 is 5.59. The van der Waals surface area contributed by atoms with Gasteiger partial charge < -0.3 is 4.74 Å². The molecule has 17 heavy (non-hydrogen) atoms. The van der Waals surface area contributed by atoms with Gasteiger partial charge in [0, 0.05) is 5.38 Å². The number of aromatic nitrogens is 1. The lowest BCUT2D eigenvalue weighted by Crippen LogP contribution is -2.24. The summed E-state index contributed by atoms with van der Waals surface area (Å²) in [6.45, 7) is 2.05. The minimum Gasteiger partial charge on any atom is -0.368 e. The number of nitrogens with zero attached hydrogens (tertiary/aromatic N) is 1. The molecule has 1 heterocycles. The third-order valence-corrected chi connectivity index (χ3v) is 3.74. The quantitative estimate of drug-likeness (QED) is 0.898. The fourth-order valence-electron chi connectivity index (χ4n) is 1.99. The Hall–Kier alpha value is -0.940. The maximum atomic E-state index is 11.6. The van der Waals surface area contributed by atoms with Crippen molar-refractivity contribution in [3.63, 3.8) is 0 Å². The number of hydrogen-bond donors (Lipinski definition) is 1. The molecule has 2 rings (SSSR count). The Balaban J connectivity index is 1.70. The van der Waals surface area contributed by atoms with Gasteiger partial charge in [-0.25, -0.2) is 4.98 Å². The summed E-state index contributed by atoms with van der Waals surface area (Å²) in [7, 11) is 0. The van der Waals surface area contributed by atoms with E-state index in [1.165, 1.54) is 30.6 Å². The van der Waals surface area contributed by atoms with Crippen LogP contribution in [0, 0.1) is 6.92 Å². The van der Waals surface area contributed by atoms with Crippen molar-refractivity contribution in [2.45, 2.75) is 45.1 Å². The molecular weight excluding hydrogens is 236 g/mol. The first kappa shape index (κ1) is 12.5. The molecule has 5 heteroatoms. The minimum absolute atomic E-state index is 0.107. The lowest BCUT2D eigenvalue weighted by atomic mass is 9.98. The molecule has 0 radical (unpaired) electrons. The number of carbonyl (C=O) groups excluding carboxylic acids is 1. The zero-order chi connectivity index (χ0) is 12.1. The first-order chi connectivity index (χ1) is 8.24. The van der Waals surface area contributed by atoms with Gasteiger partial charge in [0.05, 0.1) is 11.8 Å². The maximum absolute atomic E-state index is 11.6. The molecule has 1 N–H and O–H groups in total. The Kier molecular flexibility index (Phi) is 4.50. The van der Waals surface area contributed by atoms with Gasteiger partial charge in [0.15, 0.2) is 5.13 Å². The van der Waals surface area contributed by atoms with Crippen LogP contribution in [0.2, 0.25) is 0 Å². The molecule has 0 aromatic carbocycles. The van der Waals surface area contributed by atoms with Crippen molar-refractivity contribution in [1.29, 1.82) is 0 Å². The Bertz CT molecular complexity index is 372. The molecule has 1 aliphatic rings. The highest BCUT2D eigenvalue weighted by molar-refractivity contribution is 7.13. The number of ether oxygens (including phenoxy) is 1. The summed E-state index contributed by atoms with van der Waals surface area (Å²) in [5.74, 6) is -0.107. The van der Waals surface area contributed by atoms with Gasteiger partial charge in [-0.2, -0.15) is 0 Å². The Labute approximate surface area is 105 Å². The average Bonchev–Trinajstić information content (AvgIpc) is 2.73. The monoisotopic (exact) mass is 254 g/mol. The van der Waals surface area contributed by atoms with Crippen LogP contribution >= 0.6 is 11.3 Å². The number of rotatable bonds is 4. The van der Waals surface area contributed by atoms with Gasteiger partial charge >= 0.3 is 0 Å². The van der Waals surface area contributed by atoms with Gasteiger partial charge in [0.25, 0.3) is 5.91 Å². The molecule has 0 aliphatic heterocycles. The number of thiazole rings is 1. The number of hydrogen-bond acceptors (Lipinski definition) is 4. The second-order valence-corrected chi connectivity index (χ2v) is 5.27. The molecular formula is C12H18N2O2S.